The fraction of sp³-hybridized carbons (Fsp3) is 0.364. The largest absolute Gasteiger partial charge is 0.507 e. The van der Waals surface area contributed by atoms with Crippen LogP contribution in [0.5, 0.6) is 5.75 Å². The van der Waals surface area contributed by atoms with E-state index >= 15 is 0 Å². The van der Waals surface area contributed by atoms with E-state index < -0.39 is 27.7 Å². The van der Waals surface area contributed by atoms with Gasteiger partial charge in [0.1, 0.15) is 11.3 Å². The summed E-state index contributed by atoms with van der Waals surface area (Å²) >= 11 is 0. The van der Waals surface area contributed by atoms with E-state index in [0.29, 0.717) is 18.9 Å². The molecule has 1 aromatic carbocycles. The summed E-state index contributed by atoms with van der Waals surface area (Å²) < 4.78 is 13.3. The number of halogens is 1. The average Bonchev–Trinajstić information content (AvgIpc) is 2.24. The van der Waals surface area contributed by atoms with Crippen LogP contribution in [0, 0.1) is 15.9 Å². The third kappa shape index (κ3) is 1.74. The van der Waals surface area contributed by atoms with Crippen LogP contribution in [0.3, 0.4) is 0 Å². The second-order valence-corrected chi connectivity index (χ2v) is 4.17. The topological polar surface area (TPSA) is 92.8 Å². The molecule has 7 heteroatoms. The van der Waals surface area contributed by atoms with Crippen molar-refractivity contribution in [2.45, 2.75) is 24.8 Å². The lowest BCUT2D eigenvalue weighted by Crippen LogP contribution is -2.32. The van der Waals surface area contributed by atoms with Crippen molar-refractivity contribution in [1.29, 1.82) is 0 Å². The van der Waals surface area contributed by atoms with Gasteiger partial charge in [0, 0.05) is 17.7 Å². The smallest absolute Gasteiger partial charge is 0.305 e. The molecule has 0 unspecified atom stereocenters. The van der Waals surface area contributed by atoms with Crippen molar-refractivity contribution in [2.75, 3.05) is 0 Å². The first kappa shape index (κ1) is 12.2. The lowest BCUT2D eigenvalue weighted by Gasteiger charge is -2.37. The second-order valence-electron chi connectivity index (χ2n) is 4.17. The van der Waals surface area contributed by atoms with Crippen LogP contribution in [0.15, 0.2) is 17.1 Å². The van der Waals surface area contributed by atoms with Gasteiger partial charge in [0.25, 0.3) is 0 Å². The second kappa shape index (κ2) is 4.19. The van der Waals surface area contributed by atoms with Crippen LogP contribution in [0.2, 0.25) is 0 Å². The summed E-state index contributed by atoms with van der Waals surface area (Å²) in [7, 11) is 0. The van der Waals surface area contributed by atoms with Crippen LogP contribution in [0.1, 0.15) is 24.8 Å². The van der Waals surface area contributed by atoms with Gasteiger partial charge in [-0.2, -0.15) is 9.38 Å². The van der Waals surface area contributed by atoms with Crippen LogP contribution < -0.4 is 0 Å². The highest BCUT2D eigenvalue weighted by atomic mass is 19.1. The maximum atomic E-state index is 13.3. The number of isocyanates is 1. The zero-order chi connectivity index (χ0) is 13.3. The van der Waals surface area contributed by atoms with Crippen molar-refractivity contribution >= 4 is 11.8 Å². The number of aromatic hydroxyl groups is 1. The summed E-state index contributed by atoms with van der Waals surface area (Å²) in [6.45, 7) is 0. The first-order valence-corrected chi connectivity index (χ1v) is 5.26. The van der Waals surface area contributed by atoms with Crippen molar-refractivity contribution in [1.82, 2.24) is 0 Å². The summed E-state index contributed by atoms with van der Waals surface area (Å²) in [6, 6.07) is 1.61. The molecule has 1 fully saturated rings. The number of phenolic OH excluding ortho intramolecular Hbond substituents is 1. The number of phenols is 1. The molecule has 1 aromatic rings. The molecule has 2 rings (SSSR count). The van der Waals surface area contributed by atoms with E-state index in [1.807, 2.05) is 0 Å². The highest BCUT2D eigenvalue weighted by Crippen LogP contribution is 2.49. The van der Waals surface area contributed by atoms with Crippen molar-refractivity contribution in [3.63, 3.8) is 0 Å². The zero-order valence-corrected chi connectivity index (χ0v) is 9.22. The maximum Gasteiger partial charge on any atom is 0.305 e. The van der Waals surface area contributed by atoms with Gasteiger partial charge in [-0.25, -0.2) is 4.79 Å². The Hall–Kier alpha value is -2.27. The third-order valence-corrected chi connectivity index (χ3v) is 3.20. The van der Waals surface area contributed by atoms with Gasteiger partial charge in [0.05, 0.1) is 4.92 Å². The fourth-order valence-electron chi connectivity index (χ4n) is 2.10. The normalized spacial score (nSPS) is 16.5. The number of nitro benzene ring substituents is 1. The van der Waals surface area contributed by atoms with Gasteiger partial charge in [-0.3, -0.25) is 10.1 Å². The number of rotatable bonds is 3. The van der Waals surface area contributed by atoms with Gasteiger partial charge >= 0.3 is 5.69 Å². The number of nitro groups is 1. The predicted molar refractivity (Wildman–Crippen MR) is 58.4 cm³/mol. The summed E-state index contributed by atoms with van der Waals surface area (Å²) in [5, 5.41) is 20.3. The number of carbonyl (C=O) groups excluding carboxylic acids is 1. The van der Waals surface area contributed by atoms with Gasteiger partial charge in [0.15, 0.2) is 0 Å². The molecule has 1 N–H and O–H groups in total. The number of hydrogen-bond acceptors (Lipinski definition) is 5. The Morgan fingerprint density at radius 1 is 1.50 bits per heavy atom. The first-order valence-electron chi connectivity index (χ1n) is 5.26. The van der Waals surface area contributed by atoms with Gasteiger partial charge in [0.2, 0.25) is 11.9 Å². The molecule has 1 aliphatic rings. The van der Waals surface area contributed by atoms with Gasteiger partial charge in [-0.05, 0) is 19.3 Å². The molecule has 0 atom stereocenters. The van der Waals surface area contributed by atoms with Crippen molar-refractivity contribution in [2.24, 2.45) is 4.99 Å². The number of hydrogen-bond donors (Lipinski definition) is 1. The zero-order valence-electron chi connectivity index (χ0n) is 9.22. The Morgan fingerprint density at radius 2 is 2.17 bits per heavy atom. The minimum atomic E-state index is -1.12. The van der Waals surface area contributed by atoms with E-state index in [1.165, 1.54) is 6.08 Å². The minimum absolute atomic E-state index is 0.102. The standard InChI is InChI=1S/C11H9FN2O4/c12-8-5-10(16)7(4-9(8)14(17)18)11(13-6-15)2-1-3-11/h4-5,16H,1-3H2. The van der Waals surface area contributed by atoms with E-state index in [0.717, 1.165) is 12.5 Å². The number of benzene rings is 1. The SMILES string of the molecule is O=C=NC1(c2cc([N+](=O)[O-])c(F)cc2O)CCC1. The minimum Gasteiger partial charge on any atom is -0.507 e. The Bertz CT molecular complexity index is 562. The van der Waals surface area contributed by atoms with Crippen molar-refractivity contribution < 1.29 is 19.2 Å². The van der Waals surface area contributed by atoms with Crippen LogP contribution in [-0.4, -0.2) is 16.1 Å². The predicted octanol–water partition coefficient (Wildman–Crippen LogP) is 2.15. The molecule has 1 saturated carbocycles. The molecule has 0 radical (unpaired) electrons. The molecule has 94 valence electrons. The molecule has 0 aliphatic heterocycles. The van der Waals surface area contributed by atoms with Crippen molar-refractivity contribution in [3.8, 4) is 5.75 Å². The summed E-state index contributed by atoms with van der Waals surface area (Å²) in [5.74, 6) is -1.55. The number of nitrogens with zero attached hydrogens (tertiary/aromatic N) is 2. The van der Waals surface area contributed by atoms with E-state index in [2.05, 4.69) is 4.99 Å². The molecular formula is C11H9FN2O4. The Kier molecular flexibility index (Phi) is 2.84. The molecule has 0 aromatic heterocycles. The molecule has 0 amide bonds. The Morgan fingerprint density at radius 3 is 2.61 bits per heavy atom. The highest BCUT2D eigenvalue weighted by molar-refractivity contribution is 5.50. The quantitative estimate of drug-likeness (QED) is 0.386. The molecule has 0 heterocycles. The van der Waals surface area contributed by atoms with Crippen LogP contribution in [0.25, 0.3) is 0 Å². The Labute approximate surface area is 101 Å². The van der Waals surface area contributed by atoms with E-state index in [-0.39, 0.29) is 5.56 Å². The molecule has 18 heavy (non-hydrogen) atoms. The van der Waals surface area contributed by atoms with Crippen LogP contribution in [0.4, 0.5) is 10.1 Å². The third-order valence-electron chi connectivity index (χ3n) is 3.20. The van der Waals surface area contributed by atoms with Gasteiger partial charge in [-0.15, -0.1) is 0 Å². The monoisotopic (exact) mass is 252 g/mol. The van der Waals surface area contributed by atoms with E-state index in [1.54, 1.807) is 0 Å². The van der Waals surface area contributed by atoms with Crippen LogP contribution >= 0.6 is 0 Å². The molecule has 6 nitrogen and oxygen atoms in total. The maximum absolute atomic E-state index is 13.3. The van der Waals surface area contributed by atoms with Crippen LogP contribution in [-0.2, 0) is 10.3 Å². The summed E-state index contributed by atoms with van der Waals surface area (Å²) in [5.41, 5.74) is -1.63. The summed E-state index contributed by atoms with van der Waals surface area (Å²) in [4.78, 5) is 23.8. The molecule has 0 bridgehead atoms. The average molecular weight is 252 g/mol. The Balaban J connectivity index is 2.60. The lowest BCUT2D eigenvalue weighted by atomic mass is 9.72. The van der Waals surface area contributed by atoms with Gasteiger partial charge < -0.3 is 5.11 Å². The van der Waals surface area contributed by atoms with E-state index in [4.69, 9.17) is 0 Å². The molecule has 0 saturated heterocycles. The van der Waals surface area contributed by atoms with E-state index in [9.17, 15) is 24.4 Å². The lowest BCUT2D eigenvalue weighted by molar-refractivity contribution is -0.387. The number of aliphatic imine (C=N–C) groups is 1. The molecule has 0 spiro atoms. The first-order chi connectivity index (χ1) is 8.50. The van der Waals surface area contributed by atoms with Crippen molar-refractivity contribution in [3.05, 3.63) is 33.6 Å². The summed E-state index contributed by atoms with van der Waals surface area (Å²) in [6.07, 6.45) is 3.12. The fourth-order valence-corrected chi connectivity index (χ4v) is 2.10. The molecular weight excluding hydrogens is 243 g/mol. The molecule has 1 aliphatic carbocycles. The van der Waals surface area contributed by atoms with Gasteiger partial charge in [-0.1, -0.05) is 0 Å². The highest BCUT2D eigenvalue weighted by Gasteiger charge is 2.42.